The molecule has 0 fully saturated rings. The van der Waals surface area contributed by atoms with Crippen LogP contribution in [0.2, 0.25) is 0 Å². The predicted molar refractivity (Wildman–Crippen MR) is 132 cm³/mol. The number of hydrogen-bond donors (Lipinski definition) is 1. The zero-order chi connectivity index (χ0) is 25.1. The maximum atomic E-state index is 13.2. The molecule has 0 radical (unpaired) electrons. The van der Waals surface area contributed by atoms with Crippen molar-refractivity contribution < 1.29 is 19.1 Å². The van der Waals surface area contributed by atoms with Crippen molar-refractivity contribution in [1.29, 1.82) is 5.26 Å². The number of anilines is 1. The fraction of sp³-hybridized carbons (Fsp3) is 0.154. The van der Waals surface area contributed by atoms with Gasteiger partial charge in [-0.1, -0.05) is 48.5 Å². The van der Waals surface area contributed by atoms with E-state index >= 15 is 0 Å². The van der Waals surface area contributed by atoms with Crippen LogP contribution in [0.1, 0.15) is 16.5 Å². The molecule has 1 aromatic heterocycles. The largest absolute Gasteiger partial charge is 0.466 e. The molecule has 0 aliphatic carbocycles. The van der Waals surface area contributed by atoms with Gasteiger partial charge in [0.15, 0.2) is 0 Å². The number of hydrogen-bond acceptors (Lipinski definition) is 9. The number of esters is 2. The van der Waals surface area contributed by atoms with Crippen molar-refractivity contribution >= 4 is 29.0 Å². The highest BCUT2D eigenvalue weighted by atomic mass is 32.1. The summed E-state index contributed by atoms with van der Waals surface area (Å²) in [6, 6.07) is 18.2. The maximum Gasteiger partial charge on any atom is 0.355 e. The smallest absolute Gasteiger partial charge is 0.355 e. The van der Waals surface area contributed by atoms with E-state index < -0.39 is 17.9 Å². The Hall–Kier alpha value is -4.42. The number of aryl methyl sites for hydroxylation is 1. The molecule has 2 heterocycles. The molecule has 0 spiro atoms. The summed E-state index contributed by atoms with van der Waals surface area (Å²) in [5.74, 6) is -2.48. The standard InChI is InChI=1S/C26H22N4O4S/c1-15-29-19(14-35-15)17-11-7-8-12-20(17)30-23(26(32)34-3)22(25(31)33-2)21(18(13-27)24(30)28)16-9-5-4-6-10-16/h4-12,14,21H,28H2,1-3H3. The van der Waals surface area contributed by atoms with Crippen LogP contribution in [0, 0.1) is 18.3 Å². The van der Waals surface area contributed by atoms with Crippen molar-refractivity contribution in [2.24, 2.45) is 5.73 Å². The average Bonchev–Trinajstić information content (AvgIpc) is 3.33. The fourth-order valence-electron chi connectivity index (χ4n) is 4.14. The van der Waals surface area contributed by atoms with Gasteiger partial charge in [-0.25, -0.2) is 14.6 Å². The zero-order valence-corrected chi connectivity index (χ0v) is 20.1. The molecule has 0 bridgehead atoms. The Bertz CT molecular complexity index is 1400. The molecule has 1 unspecified atom stereocenters. The van der Waals surface area contributed by atoms with E-state index in [1.807, 2.05) is 30.5 Å². The average molecular weight is 487 g/mol. The number of carbonyl (C=O) groups is 2. The van der Waals surface area contributed by atoms with E-state index in [0.29, 0.717) is 22.5 Å². The van der Waals surface area contributed by atoms with Gasteiger partial charge < -0.3 is 15.2 Å². The number of allylic oxidation sites excluding steroid dienone is 1. The molecule has 1 aliphatic rings. The molecule has 176 valence electrons. The second kappa shape index (κ2) is 9.83. The number of nitriles is 1. The van der Waals surface area contributed by atoms with E-state index in [9.17, 15) is 14.9 Å². The third kappa shape index (κ3) is 4.16. The Balaban J connectivity index is 2.09. The van der Waals surface area contributed by atoms with E-state index in [2.05, 4.69) is 11.1 Å². The Morgan fingerprint density at radius 3 is 2.31 bits per heavy atom. The van der Waals surface area contributed by atoms with Crippen molar-refractivity contribution in [3.63, 3.8) is 0 Å². The molecule has 0 saturated heterocycles. The van der Waals surface area contributed by atoms with Gasteiger partial charge >= 0.3 is 11.9 Å². The Morgan fingerprint density at radius 2 is 1.71 bits per heavy atom. The van der Waals surface area contributed by atoms with E-state index in [1.54, 1.807) is 36.4 Å². The Labute approximate surface area is 206 Å². The number of thiazole rings is 1. The monoisotopic (exact) mass is 486 g/mol. The number of ether oxygens (including phenoxy) is 2. The third-order valence-electron chi connectivity index (χ3n) is 5.65. The molecule has 2 aromatic carbocycles. The lowest BCUT2D eigenvalue weighted by atomic mass is 9.80. The van der Waals surface area contributed by atoms with Gasteiger partial charge in [-0.3, -0.25) is 4.90 Å². The number of para-hydroxylation sites is 1. The van der Waals surface area contributed by atoms with Crippen LogP contribution >= 0.6 is 11.3 Å². The van der Waals surface area contributed by atoms with E-state index in [0.717, 1.165) is 5.01 Å². The van der Waals surface area contributed by atoms with Crippen LogP contribution in [0.3, 0.4) is 0 Å². The number of aromatic nitrogens is 1. The molecule has 9 heteroatoms. The zero-order valence-electron chi connectivity index (χ0n) is 19.3. The molecular formula is C26H22N4O4S. The van der Waals surface area contributed by atoms with Crippen LogP contribution in [0.25, 0.3) is 11.3 Å². The van der Waals surface area contributed by atoms with Crippen LogP contribution in [-0.4, -0.2) is 31.1 Å². The van der Waals surface area contributed by atoms with Gasteiger partial charge in [0.1, 0.15) is 11.5 Å². The maximum absolute atomic E-state index is 13.2. The van der Waals surface area contributed by atoms with Crippen molar-refractivity contribution in [2.45, 2.75) is 12.8 Å². The molecule has 0 saturated carbocycles. The lowest BCUT2D eigenvalue weighted by Gasteiger charge is -2.36. The number of nitrogens with zero attached hydrogens (tertiary/aromatic N) is 3. The van der Waals surface area contributed by atoms with Crippen molar-refractivity contribution in [2.75, 3.05) is 19.1 Å². The number of benzene rings is 2. The first-order valence-electron chi connectivity index (χ1n) is 10.6. The minimum atomic E-state index is -0.923. The summed E-state index contributed by atoms with van der Waals surface area (Å²) in [5.41, 5.74) is 8.96. The molecule has 35 heavy (non-hydrogen) atoms. The second-order valence-electron chi connectivity index (χ2n) is 7.60. The van der Waals surface area contributed by atoms with Gasteiger partial charge in [0.05, 0.1) is 53.7 Å². The summed E-state index contributed by atoms with van der Waals surface area (Å²) in [5, 5.41) is 12.9. The SMILES string of the molecule is COC(=O)C1=C(C(=O)OC)N(c2ccccc2-c2csc(C)n2)C(N)=C(C#N)C1c1ccccc1. The fourth-order valence-corrected chi connectivity index (χ4v) is 4.75. The van der Waals surface area contributed by atoms with Crippen LogP contribution < -0.4 is 10.6 Å². The second-order valence-corrected chi connectivity index (χ2v) is 8.67. The topological polar surface area (TPSA) is 119 Å². The van der Waals surface area contributed by atoms with E-state index in [-0.39, 0.29) is 22.7 Å². The molecule has 0 amide bonds. The highest BCUT2D eigenvalue weighted by Crippen LogP contribution is 2.45. The van der Waals surface area contributed by atoms with E-state index in [1.165, 1.54) is 30.5 Å². The highest BCUT2D eigenvalue weighted by Gasteiger charge is 2.43. The number of nitrogens with two attached hydrogens (primary N) is 1. The molecule has 1 aliphatic heterocycles. The normalized spacial score (nSPS) is 15.6. The van der Waals surface area contributed by atoms with Gasteiger partial charge in [0.25, 0.3) is 0 Å². The van der Waals surface area contributed by atoms with Crippen LogP contribution in [-0.2, 0) is 19.1 Å². The van der Waals surface area contributed by atoms with Gasteiger partial charge in [-0.2, -0.15) is 5.26 Å². The minimum Gasteiger partial charge on any atom is -0.466 e. The summed E-state index contributed by atoms with van der Waals surface area (Å²) >= 11 is 1.48. The Morgan fingerprint density at radius 1 is 1.06 bits per heavy atom. The van der Waals surface area contributed by atoms with Crippen molar-refractivity contribution in [1.82, 2.24) is 4.98 Å². The number of rotatable bonds is 5. The summed E-state index contributed by atoms with van der Waals surface area (Å²) in [6.07, 6.45) is 0. The third-order valence-corrected chi connectivity index (χ3v) is 6.42. The molecular weight excluding hydrogens is 464 g/mol. The first kappa shape index (κ1) is 23.7. The quantitative estimate of drug-likeness (QED) is 0.537. The van der Waals surface area contributed by atoms with Gasteiger partial charge in [-0.05, 0) is 18.6 Å². The number of methoxy groups -OCH3 is 2. The van der Waals surface area contributed by atoms with Crippen molar-refractivity contribution in [3.8, 4) is 17.3 Å². The molecule has 1 atom stereocenters. The molecule has 3 aromatic rings. The first-order valence-corrected chi connectivity index (χ1v) is 11.5. The summed E-state index contributed by atoms with van der Waals surface area (Å²) in [7, 11) is 2.44. The molecule has 8 nitrogen and oxygen atoms in total. The summed E-state index contributed by atoms with van der Waals surface area (Å²) < 4.78 is 10.2. The van der Waals surface area contributed by atoms with E-state index in [4.69, 9.17) is 15.2 Å². The lowest BCUT2D eigenvalue weighted by molar-refractivity contribution is -0.139. The van der Waals surface area contributed by atoms with Gasteiger partial charge in [0, 0.05) is 10.9 Å². The minimum absolute atomic E-state index is 0.00816. The lowest BCUT2D eigenvalue weighted by Crippen LogP contribution is -2.41. The number of carbonyl (C=O) groups excluding carboxylic acids is 2. The predicted octanol–water partition coefficient (Wildman–Crippen LogP) is 4.02. The highest BCUT2D eigenvalue weighted by molar-refractivity contribution is 7.09. The van der Waals surface area contributed by atoms with Crippen molar-refractivity contribution in [3.05, 3.63) is 93.2 Å². The molecule has 2 N–H and O–H groups in total. The van der Waals surface area contributed by atoms with Gasteiger partial charge in [-0.15, -0.1) is 11.3 Å². The molecule has 4 rings (SSSR count). The first-order chi connectivity index (χ1) is 16.9. The summed E-state index contributed by atoms with van der Waals surface area (Å²) in [6.45, 7) is 1.89. The van der Waals surface area contributed by atoms with Crippen LogP contribution in [0.4, 0.5) is 5.69 Å². The van der Waals surface area contributed by atoms with Crippen LogP contribution in [0.5, 0.6) is 0 Å². The summed E-state index contributed by atoms with van der Waals surface area (Å²) in [4.78, 5) is 32.4. The Kier molecular flexibility index (Phi) is 6.66. The van der Waals surface area contributed by atoms with Crippen LogP contribution in [0.15, 0.2) is 82.6 Å². The van der Waals surface area contributed by atoms with Gasteiger partial charge in [0.2, 0.25) is 0 Å².